The average molecular weight is 254 g/mol. The molecule has 1 aliphatic heterocycles. The van der Waals surface area contributed by atoms with Gasteiger partial charge < -0.3 is 10.2 Å². The molecule has 1 fully saturated rings. The van der Waals surface area contributed by atoms with Crippen molar-refractivity contribution in [2.75, 3.05) is 24.5 Å². The second-order valence-electron chi connectivity index (χ2n) is 5.10. The van der Waals surface area contributed by atoms with Gasteiger partial charge in [0, 0.05) is 25.2 Å². The number of benzene rings is 1. The number of halogens is 2. The first-order valence-corrected chi connectivity index (χ1v) is 6.53. The SMILES string of the molecule is CCNC1CC(C)CN(c2cc(F)ccc2F)C1. The first-order valence-electron chi connectivity index (χ1n) is 6.53. The summed E-state index contributed by atoms with van der Waals surface area (Å²) in [7, 11) is 0. The summed E-state index contributed by atoms with van der Waals surface area (Å²) in [6.45, 7) is 6.62. The van der Waals surface area contributed by atoms with Crippen LogP contribution in [0.25, 0.3) is 0 Å². The number of piperidine rings is 1. The molecule has 2 rings (SSSR count). The van der Waals surface area contributed by atoms with E-state index in [2.05, 4.69) is 19.2 Å². The van der Waals surface area contributed by atoms with Crippen molar-refractivity contribution in [1.82, 2.24) is 5.32 Å². The highest BCUT2D eigenvalue weighted by atomic mass is 19.1. The van der Waals surface area contributed by atoms with E-state index in [0.29, 0.717) is 17.6 Å². The molecular formula is C14H20F2N2. The van der Waals surface area contributed by atoms with Gasteiger partial charge in [-0.15, -0.1) is 0 Å². The van der Waals surface area contributed by atoms with Crippen LogP contribution in [0.3, 0.4) is 0 Å². The lowest BCUT2D eigenvalue weighted by Crippen LogP contribution is -2.49. The summed E-state index contributed by atoms with van der Waals surface area (Å²) in [4.78, 5) is 1.94. The zero-order chi connectivity index (χ0) is 13.1. The number of rotatable bonds is 3. The van der Waals surface area contributed by atoms with Gasteiger partial charge in [0.1, 0.15) is 11.6 Å². The molecule has 0 saturated carbocycles. The fraction of sp³-hybridized carbons (Fsp3) is 0.571. The molecule has 1 aliphatic rings. The molecule has 100 valence electrons. The highest BCUT2D eigenvalue weighted by Crippen LogP contribution is 2.26. The maximum Gasteiger partial charge on any atom is 0.146 e. The third kappa shape index (κ3) is 2.99. The van der Waals surface area contributed by atoms with Crippen molar-refractivity contribution in [2.45, 2.75) is 26.3 Å². The fourth-order valence-electron chi connectivity index (χ4n) is 2.71. The topological polar surface area (TPSA) is 15.3 Å². The van der Waals surface area contributed by atoms with Crippen LogP contribution >= 0.6 is 0 Å². The van der Waals surface area contributed by atoms with E-state index in [4.69, 9.17) is 0 Å². The van der Waals surface area contributed by atoms with Crippen molar-refractivity contribution in [2.24, 2.45) is 5.92 Å². The largest absolute Gasteiger partial charge is 0.367 e. The molecule has 2 nitrogen and oxygen atoms in total. The summed E-state index contributed by atoms with van der Waals surface area (Å²) in [5.41, 5.74) is 0.379. The number of hydrogen-bond donors (Lipinski definition) is 1. The Hall–Kier alpha value is -1.16. The molecule has 4 heteroatoms. The van der Waals surface area contributed by atoms with Gasteiger partial charge in [0.25, 0.3) is 0 Å². The van der Waals surface area contributed by atoms with Gasteiger partial charge >= 0.3 is 0 Å². The Labute approximate surface area is 107 Å². The molecule has 2 unspecified atom stereocenters. The van der Waals surface area contributed by atoms with Crippen molar-refractivity contribution in [1.29, 1.82) is 0 Å². The van der Waals surface area contributed by atoms with E-state index in [9.17, 15) is 8.78 Å². The van der Waals surface area contributed by atoms with Crippen LogP contribution in [0.4, 0.5) is 14.5 Å². The van der Waals surface area contributed by atoms with E-state index < -0.39 is 0 Å². The van der Waals surface area contributed by atoms with Crippen molar-refractivity contribution < 1.29 is 8.78 Å². The molecule has 1 saturated heterocycles. The molecule has 0 bridgehead atoms. The normalized spacial score (nSPS) is 24.3. The predicted molar refractivity (Wildman–Crippen MR) is 69.8 cm³/mol. The molecule has 18 heavy (non-hydrogen) atoms. The van der Waals surface area contributed by atoms with Crippen LogP contribution in [0.15, 0.2) is 18.2 Å². The van der Waals surface area contributed by atoms with E-state index >= 15 is 0 Å². The van der Waals surface area contributed by atoms with Crippen molar-refractivity contribution >= 4 is 5.69 Å². The molecule has 0 aromatic heterocycles. The number of hydrogen-bond acceptors (Lipinski definition) is 2. The van der Waals surface area contributed by atoms with Crippen LogP contribution in [0.5, 0.6) is 0 Å². The smallest absolute Gasteiger partial charge is 0.146 e. The van der Waals surface area contributed by atoms with Crippen LogP contribution in [-0.4, -0.2) is 25.7 Å². The van der Waals surface area contributed by atoms with E-state index in [-0.39, 0.29) is 11.6 Å². The molecule has 0 amide bonds. The predicted octanol–water partition coefficient (Wildman–Crippen LogP) is 2.79. The minimum atomic E-state index is -0.385. The lowest BCUT2D eigenvalue weighted by molar-refractivity contribution is 0.353. The fourth-order valence-corrected chi connectivity index (χ4v) is 2.71. The lowest BCUT2D eigenvalue weighted by Gasteiger charge is -2.38. The highest BCUT2D eigenvalue weighted by Gasteiger charge is 2.25. The van der Waals surface area contributed by atoms with Gasteiger partial charge in [-0.3, -0.25) is 0 Å². The van der Waals surface area contributed by atoms with Crippen LogP contribution in [-0.2, 0) is 0 Å². The van der Waals surface area contributed by atoms with Crippen molar-refractivity contribution in [3.05, 3.63) is 29.8 Å². The summed E-state index contributed by atoms with van der Waals surface area (Å²) in [6.07, 6.45) is 1.08. The van der Waals surface area contributed by atoms with Gasteiger partial charge in [-0.25, -0.2) is 8.78 Å². The first-order chi connectivity index (χ1) is 8.60. The van der Waals surface area contributed by atoms with Crippen LogP contribution in [0.2, 0.25) is 0 Å². The number of likely N-dealkylation sites (N-methyl/N-ethyl adjacent to an activating group) is 1. The van der Waals surface area contributed by atoms with Crippen LogP contribution in [0.1, 0.15) is 20.3 Å². The molecule has 1 N–H and O–H groups in total. The number of anilines is 1. The lowest BCUT2D eigenvalue weighted by atomic mass is 9.95. The second-order valence-corrected chi connectivity index (χ2v) is 5.10. The Kier molecular flexibility index (Phi) is 4.17. The summed E-state index contributed by atoms with van der Waals surface area (Å²) >= 11 is 0. The van der Waals surface area contributed by atoms with E-state index in [1.54, 1.807) is 0 Å². The summed E-state index contributed by atoms with van der Waals surface area (Å²) in [5.74, 6) is -0.254. The quantitative estimate of drug-likeness (QED) is 0.892. The molecule has 1 aromatic carbocycles. The molecule has 0 aliphatic carbocycles. The first kappa shape index (κ1) is 13.3. The Balaban J connectivity index is 2.18. The van der Waals surface area contributed by atoms with E-state index in [1.165, 1.54) is 12.1 Å². The van der Waals surface area contributed by atoms with Crippen LogP contribution < -0.4 is 10.2 Å². The summed E-state index contributed by atoms with van der Waals surface area (Å²) in [5, 5.41) is 3.39. The van der Waals surface area contributed by atoms with Crippen molar-refractivity contribution in [3.63, 3.8) is 0 Å². The molecule has 1 aromatic rings. The Bertz CT molecular complexity index is 409. The highest BCUT2D eigenvalue weighted by molar-refractivity contribution is 5.48. The Morgan fingerprint density at radius 2 is 2.11 bits per heavy atom. The second kappa shape index (κ2) is 5.65. The van der Waals surface area contributed by atoms with E-state index in [0.717, 1.165) is 32.1 Å². The minimum Gasteiger partial charge on any atom is -0.367 e. The standard InChI is InChI=1S/C14H20F2N2/c1-3-17-12-6-10(2)8-18(9-12)14-7-11(15)4-5-13(14)16/h4-5,7,10,12,17H,3,6,8-9H2,1-2H3. The van der Waals surface area contributed by atoms with Gasteiger partial charge in [0.2, 0.25) is 0 Å². The Morgan fingerprint density at radius 3 is 2.83 bits per heavy atom. The summed E-state index contributed by atoms with van der Waals surface area (Å²) in [6, 6.07) is 4.00. The van der Waals surface area contributed by atoms with Crippen LogP contribution in [0, 0.1) is 17.6 Å². The Morgan fingerprint density at radius 1 is 1.33 bits per heavy atom. The number of nitrogens with one attached hydrogen (secondary N) is 1. The average Bonchev–Trinajstić information content (AvgIpc) is 2.32. The van der Waals surface area contributed by atoms with Gasteiger partial charge in [-0.1, -0.05) is 13.8 Å². The van der Waals surface area contributed by atoms with Gasteiger partial charge in [0.15, 0.2) is 0 Å². The zero-order valence-electron chi connectivity index (χ0n) is 10.9. The zero-order valence-corrected chi connectivity index (χ0v) is 10.9. The van der Waals surface area contributed by atoms with E-state index in [1.807, 2.05) is 4.90 Å². The molecule has 1 heterocycles. The maximum absolute atomic E-state index is 13.8. The maximum atomic E-state index is 13.8. The molecule has 0 spiro atoms. The van der Waals surface area contributed by atoms with Gasteiger partial charge in [-0.2, -0.15) is 0 Å². The van der Waals surface area contributed by atoms with Gasteiger partial charge in [0.05, 0.1) is 5.69 Å². The monoisotopic (exact) mass is 254 g/mol. The molecule has 0 radical (unpaired) electrons. The van der Waals surface area contributed by atoms with Gasteiger partial charge in [-0.05, 0) is 31.0 Å². The minimum absolute atomic E-state index is 0.347. The third-order valence-corrected chi connectivity index (χ3v) is 3.40. The van der Waals surface area contributed by atoms with Crippen molar-refractivity contribution in [3.8, 4) is 0 Å². The molecule has 2 atom stereocenters. The number of nitrogens with zero attached hydrogens (tertiary/aromatic N) is 1. The summed E-state index contributed by atoms with van der Waals surface area (Å²) < 4.78 is 27.0. The molecular weight excluding hydrogens is 234 g/mol. The third-order valence-electron chi connectivity index (χ3n) is 3.40.